The Bertz CT molecular complexity index is 1500. The lowest BCUT2D eigenvalue weighted by atomic mass is 9.65. The Balaban J connectivity index is 1.96. The minimum absolute atomic E-state index is 0.0466. The van der Waals surface area contributed by atoms with Crippen molar-refractivity contribution in [2.75, 3.05) is 0 Å². The van der Waals surface area contributed by atoms with E-state index in [-0.39, 0.29) is 40.4 Å². The van der Waals surface area contributed by atoms with Crippen LogP contribution in [0.5, 0.6) is 0 Å². The van der Waals surface area contributed by atoms with Crippen molar-refractivity contribution in [1.29, 1.82) is 0 Å². The average Bonchev–Trinajstić information content (AvgIpc) is 3.17. The highest BCUT2D eigenvalue weighted by Crippen LogP contribution is 2.55. The first-order valence-electron chi connectivity index (χ1n) is 17.6. The Kier molecular flexibility index (Phi) is 15.5. The molecule has 49 heavy (non-hydrogen) atoms. The molecule has 2 aliphatic rings. The van der Waals surface area contributed by atoms with Crippen molar-refractivity contribution in [2.45, 2.75) is 127 Å². The van der Waals surface area contributed by atoms with Gasteiger partial charge >= 0.3 is 11.9 Å². The SMILES string of the molecule is CC(=O)O[C@@H]1CC(C)=C(/C=C/C(C)=C/C=C/C(C)=C/C=C/C=C(C)/C=C/C=C(C)/C=C/[C@@H](OC(C)=O)[C@]2(C)C[C@@H](O)CC2(C)C)C(C)(C)C1. The molecule has 2 aliphatic carbocycles. The molecule has 4 atom stereocenters. The van der Waals surface area contributed by atoms with Gasteiger partial charge in [0.05, 0.1) is 6.10 Å². The Morgan fingerprint density at radius 2 is 1.22 bits per heavy atom. The highest BCUT2D eigenvalue weighted by atomic mass is 16.5. The van der Waals surface area contributed by atoms with Gasteiger partial charge in [-0.05, 0) is 76.4 Å². The van der Waals surface area contributed by atoms with Gasteiger partial charge < -0.3 is 14.6 Å². The van der Waals surface area contributed by atoms with Crippen LogP contribution in [-0.2, 0) is 19.1 Å². The maximum Gasteiger partial charge on any atom is 0.303 e. The summed E-state index contributed by atoms with van der Waals surface area (Å²) in [6, 6.07) is 0. The predicted molar refractivity (Wildman–Crippen MR) is 205 cm³/mol. The minimum Gasteiger partial charge on any atom is -0.462 e. The van der Waals surface area contributed by atoms with Crippen molar-refractivity contribution in [3.63, 3.8) is 0 Å². The molecule has 0 aliphatic heterocycles. The molecule has 268 valence electrons. The molecule has 1 N–H and O–H groups in total. The normalized spacial score (nSPS) is 26.2. The molecule has 5 heteroatoms. The quantitative estimate of drug-likeness (QED) is 0.156. The molecular formula is C44H62O5. The maximum atomic E-state index is 11.9. The summed E-state index contributed by atoms with van der Waals surface area (Å²) in [6.07, 6.45) is 31.0. The van der Waals surface area contributed by atoms with Crippen LogP contribution in [0.1, 0.15) is 109 Å². The first-order chi connectivity index (χ1) is 22.8. The molecule has 0 aromatic carbocycles. The molecule has 0 radical (unpaired) electrons. The molecule has 1 fully saturated rings. The molecule has 0 saturated heterocycles. The fourth-order valence-corrected chi connectivity index (χ4v) is 6.98. The van der Waals surface area contributed by atoms with E-state index in [0.717, 1.165) is 29.6 Å². The van der Waals surface area contributed by atoms with Gasteiger partial charge in [-0.1, -0.05) is 141 Å². The van der Waals surface area contributed by atoms with Crippen LogP contribution in [0.4, 0.5) is 0 Å². The largest absolute Gasteiger partial charge is 0.462 e. The number of aliphatic hydroxyl groups is 1. The summed E-state index contributed by atoms with van der Waals surface area (Å²) < 4.78 is 11.2. The van der Waals surface area contributed by atoms with Gasteiger partial charge in [-0.25, -0.2) is 0 Å². The molecule has 0 aromatic heterocycles. The molecule has 0 unspecified atom stereocenters. The first kappa shape index (κ1) is 41.5. The number of carbonyl (C=O) groups is 2. The van der Waals surface area contributed by atoms with Gasteiger partial charge in [0.25, 0.3) is 0 Å². The molecule has 0 spiro atoms. The topological polar surface area (TPSA) is 72.8 Å². The highest BCUT2D eigenvalue weighted by molar-refractivity contribution is 5.66. The zero-order valence-electron chi connectivity index (χ0n) is 32.2. The lowest BCUT2D eigenvalue weighted by Crippen LogP contribution is -2.42. The van der Waals surface area contributed by atoms with Crippen LogP contribution < -0.4 is 0 Å². The van der Waals surface area contributed by atoms with E-state index in [1.54, 1.807) is 0 Å². The molecule has 1 saturated carbocycles. The van der Waals surface area contributed by atoms with Crippen LogP contribution in [0.25, 0.3) is 0 Å². The lowest BCUT2D eigenvalue weighted by molar-refractivity contribution is -0.153. The van der Waals surface area contributed by atoms with Gasteiger partial charge in [-0.2, -0.15) is 0 Å². The third-order valence-corrected chi connectivity index (χ3v) is 9.98. The number of ether oxygens (including phenoxy) is 2. The minimum atomic E-state index is -0.411. The summed E-state index contributed by atoms with van der Waals surface area (Å²) in [6.45, 7) is 24.1. The molecule has 5 nitrogen and oxygen atoms in total. The number of esters is 2. The first-order valence-corrected chi connectivity index (χ1v) is 17.6. The second-order valence-corrected chi connectivity index (χ2v) is 15.5. The van der Waals surface area contributed by atoms with Crippen LogP contribution in [-0.4, -0.2) is 35.4 Å². The van der Waals surface area contributed by atoms with Crippen LogP contribution >= 0.6 is 0 Å². The number of allylic oxidation sites excluding steroid dienone is 18. The van der Waals surface area contributed by atoms with E-state index in [9.17, 15) is 14.7 Å². The van der Waals surface area contributed by atoms with E-state index in [2.05, 4.69) is 111 Å². The summed E-state index contributed by atoms with van der Waals surface area (Å²) in [4.78, 5) is 23.3. The molecule has 0 bridgehead atoms. The molecule has 0 aromatic rings. The van der Waals surface area contributed by atoms with Crippen LogP contribution in [0.3, 0.4) is 0 Å². The van der Waals surface area contributed by atoms with Gasteiger partial charge in [-0.15, -0.1) is 0 Å². The van der Waals surface area contributed by atoms with Crippen molar-refractivity contribution in [3.8, 4) is 0 Å². The van der Waals surface area contributed by atoms with Gasteiger partial charge in [0.1, 0.15) is 12.2 Å². The number of hydrogen-bond acceptors (Lipinski definition) is 5. The molecule has 0 heterocycles. The zero-order valence-corrected chi connectivity index (χ0v) is 32.2. The molecule has 2 rings (SSSR count). The number of rotatable bonds is 13. The highest BCUT2D eigenvalue weighted by Gasteiger charge is 2.54. The smallest absolute Gasteiger partial charge is 0.303 e. The van der Waals surface area contributed by atoms with Gasteiger partial charge in [0.2, 0.25) is 0 Å². The van der Waals surface area contributed by atoms with Gasteiger partial charge in [0, 0.05) is 25.7 Å². The van der Waals surface area contributed by atoms with E-state index in [1.165, 1.54) is 30.6 Å². The fraction of sp³-hybridized carbons (Fsp3) is 0.500. The van der Waals surface area contributed by atoms with Crippen LogP contribution in [0.2, 0.25) is 0 Å². The Morgan fingerprint density at radius 3 is 1.69 bits per heavy atom. The lowest BCUT2D eigenvalue weighted by Gasteiger charge is -2.42. The molecule has 0 amide bonds. The number of hydrogen-bond donors (Lipinski definition) is 1. The summed E-state index contributed by atoms with van der Waals surface area (Å²) in [5.74, 6) is -0.526. The zero-order chi connectivity index (χ0) is 37.0. The Hall–Kier alpha value is -3.70. The van der Waals surface area contributed by atoms with E-state index in [0.29, 0.717) is 12.8 Å². The summed E-state index contributed by atoms with van der Waals surface area (Å²) in [7, 11) is 0. The number of aliphatic hydroxyl groups excluding tert-OH is 1. The third-order valence-electron chi connectivity index (χ3n) is 9.98. The average molecular weight is 671 g/mol. The van der Waals surface area contributed by atoms with E-state index in [1.807, 2.05) is 43.4 Å². The third kappa shape index (κ3) is 13.3. The van der Waals surface area contributed by atoms with E-state index < -0.39 is 6.10 Å². The van der Waals surface area contributed by atoms with Crippen molar-refractivity contribution >= 4 is 11.9 Å². The summed E-state index contributed by atoms with van der Waals surface area (Å²) in [5, 5.41) is 10.4. The van der Waals surface area contributed by atoms with Crippen molar-refractivity contribution in [3.05, 3.63) is 119 Å². The summed E-state index contributed by atoms with van der Waals surface area (Å²) in [5.41, 5.74) is 6.51. The van der Waals surface area contributed by atoms with Crippen molar-refractivity contribution < 1.29 is 24.2 Å². The Morgan fingerprint density at radius 1 is 0.714 bits per heavy atom. The van der Waals surface area contributed by atoms with E-state index >= 15 is 0 Å². The fourth-order valence-electron chi connectivity index (χ4n) is 6.98. The standard InChI is InChI=1S/C44H62O5/c1-31(19-15-21-33(3)23-25-40-35(5)27-39(48-36(6)45)30-42(40,8)9)17-13-14-18-32(2)20-16-22-34(4)24-26-41(49-37(7)46)44(12)29-38(47)28-43(44,10)11/h13-26,38-39,41,47H,27-30H2,1-12H3/b14-13+,19-15+,20-16+,25-23+,26-24+,31-17+,32-18+,33-21+,34-22+/t38-,39+,41+,44-/m0/s1. The van der Waals surface area contributed by atoms with E-state index in [4.69, 9.17) is 9.47 Å². The maximum absolute atomic E-state index is 11.9. The predicted octanol–water partition coefficient (Wildman–Crippen LogP) is 10.7. The number of carbonyl (C=O) groups excluding carboxylic acids is 2. The summed E-state index contributed by atoms with van der Waals surface area (Å²) >= 11 is 0. The van der Waals surface area contributed by atoms with Crippen molar-refractivity contribution in [2.24, 2.45) is 16.2 Å². The van der Waals surface area contributed by atoms with Gasteiger partial charge in [0.15, 0.2) is 0 Å². The molecular weight excluding hydrogens is 608 g/mol. The second-order valence-electron chi connectivity index (χ2n) is 15.5. The van der Waals surface area contributed by atoms with Crippen LogP contribution in [0, 0.1) is 16.2 Å². The monoisotopic (exact) mass is 670 g/mol. The van der Waals surface area contributed by atoms with Crippen LogP contribution in [0.15, 0.2) is 119 Å². The van der Waals surface area contributed by atoms with Crippen molar-refractivity contribution in [1.82, 2.24) is 0 Å². The second kappa shape index (κ2) is 18.3. The Labute approximate surface area is 297 Å². The van der Waals surface area contributed by atoms with Gasteiger partial charge in [-0.3, -0.25) is 9.59 Å².